The quantitative estimate of drug-likeness (QED) is 0.341. The molecule has 0 bridgehead atoms. The van der Waals surface area contributed by atoms with Crippen LogP contribution in [0.2, 0.25) is 0 Å². The molecule has 6 N–H and O–H groups in total. The smallest absolute Gasteiger partial charge is 0.271 e. The Labute approximate surface area is 35.3 Å². The second-order valence-electron chi connectivity index (χ2n) is 0.763. The Morgan fingerprint density at radius 1 is 1.17 bits per heavy atom. The monoisotopic (exact) mass is 111 g/mol. The van der Waals surface area contributed by atoms with Crippen molar-refractivity contribution in [3.05, 3.63) is 0 Å². The summed E-state index contributed by atoms with van der Waals surface area (Å²) in [5, 5.41) is 0. The second-order valence-corrected chi connectivity index (χ2v) is 2.29. The molecule has 0 aromatic carbocycles. The van der Waals surface area contributed by atoms with Crippen LogP contribution in [0.15, 0.2) is 0 Å². The van der Waals surface area contributed by atoms with Crippen molar-refractivity contribution in [2.24, 2.45) is 16.5 Å². The van der Waals surface area contributed by atoms with Gasteiger partial charge >= 0.3 is 0 Å². The van der Waals surface area contributed by atoms with E-state index in [1.165, 1.54) is 0 Å². The zero-order chi connectivity index (χ0) is 4.50. The third kappa shape index (κ3) is 7830. The molecule has 6 heteroatoms. The Hall–Kier alpha value is 0.0700. The molecule has 0 aliphatic heterocycles. The highest BCUT2D eigenvalue weighted by molar-refractivity contribution is 7.56. The molecule has 0 aromatic rings. The lowest BCUT2D eigenvalue weighted by atomic mass is 13.8. The summed E-state index contributed by atoms with van der Waals surface area (Å²) in [5.41, 5.74) is 13.4. The van der Waals surface area contributed by atoms with Crippen molar-refractivity contribution in [1.29, 1.82) is 0 Å². The first-order valence-electron chi connectivity index (χ1n) is 0.957. The topological polar surface area (TPSA) is 124 Å². The van der Waals surface area contributed by atoms with E-state index in [1.54, 1.807) is 0 Å². The van der Waals surface area contributed by atoms with E-state index in [-0.39, 0.29) is 5.48 Å². The van der Waals surface area contributed by atoms with Gasteiger partial charge in [0.05, 0.1) is 0 Å². The van der Waals surface area contributed by atoms with Crippen molar-refractivity contribution in [2.75, 3.05) is 0 Å². The molecule has 0 amide bonds. The van der Waals surface area contributed by atoms with Gasteiger partial charge in [0, 0.05) is 5.48 Å². The van der Waals surface area contributed by atoms with E-state index < -0.39 is 7.59 Å². The Bertz CT molecular complexity index is 54.9. The van der Waals surface area contributed by atoms with Crippen LogP contribution in [0, 0.1) is 0 Å². The minimum Gasteiger partial charge on any atom is -0.272 e. The van der Waals surface area contributed by atoms with Crippen LogP contribution in [0.25, 0.3) is 0 Å². The summed E-state index contributed by atoms with van der Waals surface area (Å²) in [5.74, 6) is 0. The van der Waals surface area contributed by atoms with Crippen LogP contribution < -0.4 is 16.5 Å². The average molecular weight is 111 g/mol. The van der Waals surface area contributed by atoms with Crippen LogP contribution in [0.4, 0.5) is 0 Å². The van der Waals surface area contributed by atoms with Gasteiger partial charge in [0.15, 0.2) is 0 Å². The van der Waals surface area contributed by atoms with Crippen molar-refractivity contribution in [3.8, 4) is 0 Å². The molecule has 0 aliphatic rings. The Kier molecular flexibility index (Phi) is 3.58. The van der Waals surface area contributed by atoms with Gasteiger partial charge in [-0.25, -0.2) is 0 Å². The van der Waals surface area contributed by atoms with Crippen molar-refractivity contribution in [3.63, 3.8) is 0 Å². The molecule has 0 saturated carbocycles. The summed E-state index contributed by atoms with van der Waals surface area (Å²) in [6.07, 6.45) is 0. The lowest BCUT2D eigenvalue weighted by Crippen LogP contribution is -2.12. The third-order valence-corrected chi connectivity index (χ3v) is 0. The minimum atomic E-state index is -3.14. The summed E-state index contributed by atoms with van der Waals surface area (Å²) in [6.45, 7) is 0. The molecule has 0 aromatic heterocycles. The number of hydrogen-bond acceptors (Lipinski definition) is 1. The van der Waals surface area contributed by atoms with Crippen molar-refractivity contribution in [1.82, 2.24) is 0 Å². The first-order chi connectivity index (χ1) is 2.00. The summed E-state index contributed by atoms with van der Waals surface area (Å²) in [4.78, 5) is 0. The molecule has 0 unspecified atom stereocenters. The number of nitrogens with two attached hydrogens (primary N) is 3. The van der Waals surface area contributed by atoms with Crippen LogP contribution in [-0.4, -0.2) is 0 Å². The largest absolute Gasteiger partial charge is 0.272 e. The molecule has 38 valence electrons. The highest BCUT2D eigenvalue weighted by Gasteiger charge is 1.90. The van der Waals surface area contributed by atoms with E-state index in [9.17, 15) is 4.57 Å². The predicted octanol–water partition coefficient (Wildman–Crippen LogP) is -1.15. The van der Waals surface area contributed by atoms with Gasteiger partial charge in [-0.15, -0.1) is 0 Å². The highest BCUT2D eigenvalue weighted by Crippen LogP contribution is 2.06. The molecule has 6 heavy (non-hydrogen) atoms. The molecule has 0 fully saturated rings. The highest BCUT2D eigenvalue weighted by atomic mass is 31.2. The van der Waals surface area contributed by atoms with E-state index >= 15 is 0 Å². The van der Waals surface area contributed by atoms with Gasteiger partial charge in [0.1, 0.15) is 0 Å². The van der Waals surface area contributed by atoms with Crippen molar-refractivity contribution in [2.45, 2.75) is 0 Å². The molecule has 0 atom stereocenters. The van der Waals surface area contributed by atoms with Gasteiger partial charge < -0.3 is 0 Å². The van der Waals surface area contributed by atoms with E-state index in [2.05, 4.69) is 16.5 Å². The second kappa shape index (κ2) is 2.28. The standard InChI is InChI=1S/H6N3OP.O/c1-5(2,3)4;/h(H6,1,2,3,4);. The Morgan fingerprint density at radius 3 is 1.17 bits per heavy atom. The molecule has 0 heterocycles. The normalized spacial score (nSPS) is 9.83. The van der Waals surface area contributed by atoms with Crippen molar-refractivity contribution < 1.29 is 10.0 Å². The molecular formula is H6N3O2P. The van der Waals surface area contributed by atoms with Gasteiger partial charge in [-0.3, -0.25) is 21.1 Å². The average Bonchev–Trinajstić information content (AvgIpc) is 0.722. The van der Waals surface area contributed by atoms with Crippen LogP contribution >= 0.6 is 7.59 Å². The van der Waals surface area contributed by atoms with Gasteiger partial charge in [0.25, 0.3) is 7.59 Å². The minimum absolute atomic E-state index is 0. The lowest BCUT2D eigenvalue weighted by Gasteiger charge is -1.88. The maximum absolute atomic E-state index is 9.55. The SMILES string of the molecule is NP(N)(N)=O.[O]. The summed E-state index contributed by atoms with van der Waals surface area (Å²) in [7, 11) is -3.14. The van der Waals surface area contributed by atoms with Gasteiger partial charge in [-0.05, 0) is 0 Å². The fourth-order valence-corrected chi connectivity index (χ4v) is 0. The molecule has 0 spiro atoms. The molecule has 0 aliphatic carbocycles. The lowest BCUT2D eigenvalue weighted by molar-refractivity contribution is 0.577. The van der Waals surface area contributed by atoms with Crippen LogP contribution in [0.5, 0.6) is 0 Å². The Balaban J connectivity index is 0. The zero-order valence-corrected chi connectivity index (χ0v) is 3.89. The van der Waals surface area contributed by atoms with Crippen LogP contribution in [-0.2, 0) is 10.0 Å². The number of hydrogen-bond donors (Lipinski definition) is 3. The van der Waals surface area contributed by atoms with Gasteiger partial charge in [-0.1, -0.05) is 0 Å². The van der Waals surface area contributed by atoms with E-state index in [0.717, 1.165) is 0 Å². The molecular weight excluding hydrogens is 105 g/mol. The maximum Gasteiger partial charge on any atom is 0.271 e. The van der Waals surface area contributed by atoms with Gasteiger partial charge in [0.2, 0.25) is 0 Å². The Morgan fingerprint density at radius 2 is 1.17 bits per heavy atom. The van der Waals surface area contributed by atoms with Crippen LogP contribution in [0.3, 0.4) is 0 Å². The molecule has 0 saturated heterocycles. The van der Waals surface area contributed by atoms with Crippen molar-refractivity contribution >= 4 is 7.59 Å². The summed E-state index contributed by atoms with van der Waals surface area (Å²) >= 11 is 0. The molecule has 0 rings (SSSR count). The fraction of sp³-hybridized carbons (Fsp3) is 0. The summed E-state index contributed by atoms with van der Waals surface area (Å²) in [6, 6.07) is 0. The predicted molar refractivity (Wildman–Crippen MR) is 20.9 cm³/mol. The fourth-order valence-electron chi connectivity index (χ4n) is 0. The molecule has 2 radical (unpaired) electrons. The van der Waals surface area contributed by atoms with Gasteiger partial charge in [-0.2, -0.15) is 0 Å². The van der Waals surface area contributed by atoms with E-state index in [4.69, 9.17) is 0 Å². The first kappa shape index (κ1) is 9.42. The molecule has 5 nitrogen and oxygen atoms in total. The third-order valence-electron chi connectivity index (χ3n) is 0. The van der Waals surface area contributed by atoms with Crippen LogP contribution in [0.1, 0.15) is 0 Å². The first-order valence-corrected chi connectivity index (χ1v) is 2.87. The van der Waals surface area contributed by atoms with E-state index in [1.807, 2.05) is 0 Å². The zero-order valence-electron chi connectivity index (χ0n) is 3.00. The van der Waals surface area contributed by atoms with E-state index in [0.29, 0.717) is 0 Å². The number of rotatable bonds is 0. The summed E-state index contributed by atoms with van der Waals surface area (Å²) < 4.78 is 9.55. The maximum atomic E-state index is 9.55.